The number of thiol groups is 1. The number of nitrogens with zero attached hydrogens (tertiary/aromatic N) is 2. The third-order valence-electron chi connectivity index (χ3n) is 2.90. The summed E-state index contributed by atoms with van der Waals surface area (Å²) in [4.78, 5) is 16.0. The Balaban J connectivity index is 2.46. The maximum atomic E-state index is 11.7. The van der Waals surface area contributed by atoms with Crippen molar-refractivity contribution in [2.75, 3.05) is 26.2 Å². The molecule has 0 aromatic rings. The first-order valence-electron chi connectivity index (χ1n) is 5.54. The van der Waals surface area contributed by atoms with E-state index in [2.05, 4.69) is 38.3 Å². The fraction of sp³-hybridized carbons (Fsp3) is 0.909. The highest BCUT2D eigenvalue weighted by molar-refractivity contribution is 7.81. The monoisotopic (exact) mass is 230 g/mol. The summed E-state index contributed by atoms with van der Waals surface area (Å²) in [5.74, 6) is 0.159. The van der Waals surface area contributed by atoms with Crippen molar-refractivity contribution in [2.45, 2.75) is 38.5 Å². The van der Waals surface area contributed by atoms with Gasteiger partial charge in [-0.15, -0.1) is 0 Å². The molecule has 0 bridgehead atoms. The highest BCUT2D eigenvalue weighted by atomic mass is 32.1. The average molecular weight is 230 g/mol. The number of carbonyl (C=O) groups excluding carboxylic acids is 1. The predicted octanol–water partition coefficient (Wildman–Crippen LogP) is 1.25. The minimum absolute atomic E-state index is 0.159. The van der Waals surface area contributed by atoms with Crippen LogP contribution in [0.15, 0.2) is 0 Å². The molecule has 0 saturated carbocycles. The van der Waals surface area contributed by atoms with Crippen molar-refractivity contribution >= 4 is 18.5 Å². The minimum atomic E-state index is -0.175. The summed E-state index contributed by atoms with van der Waals surface area (Å²) in [5.41, 5.74) is 0.210. The molecule has 88 valence electrons. The Morgan fingerprint density at radius 3 is 2.00 bits per heavy atom. The number of amides is 1. The predicted molar refractivity (Wildman–Crippen MR) is 66.4 cm³/mol. The van der Waals surface area contributed by atoms with Crippen LogP contribution in [-0.2, 0) is 4.79 Å². The number of rotatable bonds is 1. The fourth-order valence-electron chi connectivity index (χ4n) is 1.86. The third kappa shape index (κ3) is 3.38. The Hall–Kier alpha value is -0.220. The Bertz CT molecular complexity index is 227. The molecule has 1 amide bonds. The number of carbonyl (C=O) groups is 1. The van der Waals surface area contributed by atoms with Crippen molar-refractivity contribution in [1.82, 2.24) is 9.80 Å². The number of piperazine rings is 1. The number of hydrogen-bond donors (Lipinski definition) is 1. The van der Waals surface area contributed by atoms with Gasteiger partial charge in [0.05, 0.1) is 5.25 Å². The van der Waals surface area contributed by atoms with E-state index in [9.17, 15) is 4.79 Å². The second-order valence-electron chi connectivity index (χ2n) is 5.16. The molecule has 1 heterocycles. The van der Waals surface area contributed by atoms with Crippen molar-refractivity contribution in [2.24, 2.45) is 0 Å². The molecule has 0 aromatic heterocycles. The molecule has 15 heavy (non-hydrogen) atoms. The van der Waals surface area contributed by atoms with Gasteiger partial charge in [0, 0.05) is 31.7 Å². The maximum Gasteiger partial charge on any atom is 0.235 e. The molecule has 0 spiro atoms. The zero-order chi connectivity index (χ0) is 11.6. The third-order valence-corrected chi connectivity index (χ3v) is 3.12. The molecule has 3 nitrogen and oxygen atoms in total. The van der Waals surface area contributed by atoms with E-state index >= 15 is 0 Å². The highest BCUT2D eigenvalue weighted by Gasteiger charge is 2.28. The molecular weight excluding hydrogens is 208 g/mol. The van der Waals surface area contributed by atoms with Crippen molar-refractivity contribution in [3.05, 3.63) is 0 Å². The van der Waals surface area contributed by atoms with Crippen LogP contribution < -0.4 is 0 Å². The molecule has 4 heteroatoms. The van der Waals surface area contributed by atoms with Crippen LogP contribution in [0.2, 0.25) is 0 Å². The van der Waals surface area contributed by atoms with Gasteiger partial charge in [-0.05, 0) is 27.7 Å². The van der Waals surface area contributed by atoms with E-state index in [1.165, 1.54) is 0 Å². The van der Waals surface area contributed by atoms with Gasteiger partial charge < -0.3 is 4.90 Å². The van der Waals surface area contributed by atoms with Gasteiger partial charge in [0.1, 0.15) is 0 Å². The molecule has 1 aliphatic heterocycles. The Kier molecular flexibility index (Phi) is 4.06. The van der Waals surface area contributed by atoms with Crippen LogP contribution in [-0.4, -0.2) is 52.7 Å². The molecule has 0 radical (unpaired) electrons. The topological polar surface area (TPSA) is 23.6 Å². The van der Waals surface area contributed by atoms with E-state index in [1.54, 1.807) is 0 Å². The maximum absolute atomic E-state index is 11.7. The van der Waals surface area contributed by atoms with Gasteiger partial charge in [0.25, 0.3) is 0 Å². The molecule has 1 rings (SSSR count). The molecule has 1 fully saturated rings. The smallest absolute Gasteiger partial charge is 0.235 e. The van der Waals surface area contributed by atoms with Crippen LogP contribution in [0.25, 0.3) is 0 Å². The van der Waals surface area contributed by atoms with Crippen LogP contribution in [0.5, 0.6) is 0 Å². The average Bonchev–Trinajstić information content (AvgIpc) is 2.15. The molecule has 1 unspecified atom stereocenters. The van der Waals surface area contributed by atoms with Gasteiger partial charge in [0.15, 0.2) is 0 Å². The number of hydrogen-bond acceptors (Lipinski definition) is 3. The summed E-state index contributed by atoms with van der Waals surface area (Å²) in [5, 5.41) is -0.175. The fourth-order valence-corrected chi connectivity index (χ4v) is 2.03. The second-order valence-corrected chi connectivity index (χ2v) is 5.93. The van der Waals surface area contributed by atoms with Gasteiger partial charge in [-0.3, -0.25) is 9.69 Å². The quantitative estimate of drug-likeness (QED) is 0.685. The van der Waals surface area contributed by atoms with Crippen molar-refractivity contribution in [3.8, 4) is 0 Å². The summed E-state index contributed by atoms with van der Waals surface area (Å²) in [6.45, 7) is 12.1. The normalized spacial score (nSPS) is 21.5. The molecule has 0 aliphatic carbocycles. The van der Waals surface area contributed by atoms with Crippen molar-refractivity contribution in [1.29, 1.82) is 0 Å². The van der Waals surface area contributed by atoms with Gasteiger partial charge in [0.2, 0.25) is 5.91 Å². The van der Waals surface area contributed by atoms with E-state index in [4.69, 9.17) is 0 Å². The largest absolute Gasteiger partial charge is 0.339 e. The zero-order valence-corrected chi connectivity index (χ0v) is 11.1. The molecule has 1 atom stereocenters. The van der Waals surface area contributed by atoms with Crippen LogP contribution >= 0.6 is 12.6 Å². The highest BCUT2D eigenvalue weighted by Crippen LogP contribution is 2.16. The summed E-state index contributed by atoms with van der Waals surface area (Å²) >= 11 is 4.18. The molecule has 0 aromatic carbocycles. The lowest BCUT2D eigenvalue weighted by atomic mass is 10.0. The second kappa shape index (κ2) is 4.74. The molecule has 0 N–H and O–H groups in total. The first-order valence-corrected chi connectivity index (χ1v) is 6.06. The SMILES string of the molecule is CC(S)C(=O)N1CCN(C(C)(C)C)CC1. The van der Waals surface area contributed by atoms with Gasteiger partial charge >= 0.3 is 0 Å². The Morgan fingerprint density at radius 2 is 1.67 bits per heavy atom. The zero-order valence-electron chi connectivity index (χ0n) is 10.2. The van der Waals surface area contributed by atoms with E-state index < -0.39 is 0 Å². The summed E-state index contributed by atoms with van der Waals surface area (Å²) in [6, 6.07) is 0. The Labute approximate surface area is 98.2 Å². The van der Waals surface area contributed by atoms with E-state index in [0.29, 0.717) is 0 Å². The van der Waals surface area contributed by atoms with Crippen LogP contribution in [0.1, 0.15) is 27.7 Å². The lowest BCUT2D eigenvalue weighted by Crippen LogP contribution is -2.55. The Morgan fingerprint density at radius 1 is 1.20 bits per heavy atom. The van der Waals surface area contributed by atoms with Gasteiger partial charge in [-0.25, -0.2) is 0 Å². The van der Waals surface area contributed by atoms with E-state index in [-0.39, 0.29) is 16.7 Å². The molecular formula is C11H22N2OS. The lowest BCUT2D eigenvalue weighted by molar-refractivity contribution is -0.132. The molecule has 1 aliphatic rings. The summed E-state index contributed by atoms with van der Waals surface area (Å²) in [6.07, 6.45) is 0. The van der Waals surface area contributed by atoms with Crippen LogP contribution in [0, 0.1) is 0 Å². The summed E-state index contributed by atoms with van der Waals surface area (Å²) < 4.78 is 0. The van der Waals surface area contributed by atoms with Crippen LogP contribution in [0.4, 0.5) is 0 Å². The van der Waals surface area contributed by atoms with E-state index in [1.807, 2.05) is 11.8 Å². The molecule has 1 saturated heterocycles. The van der Waals surface area contributed by atoms with E-state index in [0.717, 1.165) is 26.2 Å². The van der Waals surface area contributed by atoms with Crippen molar-refractivity contribution < 1.29 is 4.79 Å². The first kappa shape index (κ1) is 12.8. The minimum Gasteiger partial charge on any atom is -0.339 e. The standard InChI is InChI=1S/C11H22N2OS/c1-9(15)10(14)12-5-7-13(8-6-12)11(2,3)4/h9,15H,5-8H2,1-4H3. The van der Waals surface area contributed by atoms with Crippen molar-refractivity contribution in [3.63, 3.8) is 0 Å². The first-order chi connectivity index (χ1) is 6.82. The lowest BCUT2D eigenvalue weighted by Gasteiger charge is -2.42. The van der Waals surface area contributed by atoms with Gasteiger partial charge in [-0.2, -0.15) is 12.6 Å². The van der Waals surface area contributed by atoms with Gasteiger partial charge in [-0.1, -0.05) is 0 Å². The van der Waals surface area contributed by atoms with Crippen LogP contribution in [0.3, 0.4) is 0 Å². The summed E-state index contributed by atoms with van der Waals surface area (Å²) in [7, 11) is 0.